The Balaban J connectivity index is 2.07. The van der Waals surface area contributed by atoms with Crippen molar-refractivity contribution in [1.29, 1.82) is 5.41 Å². The molecule has 11 nitrogen and oxygen atoms in total. The highest BCUT2D eigenvalue weighted by Gasteiger charge is 2.21. The summed E-state index contributed by atoms with van der Waals surface area (Å²) in [5.74, 6) is 0.220. The number of anilines is 4. The summed E-state index contributed by atoms with van der Waals surface area (Å²) in [6.07, 6.45) is 5.20. The second-order valence-corrected chi connectivity index (χ2v) is 7.64. The van der Waals surface area contributed by atoms with Crippen LogP contribution in [0.15, 0.2) is 47.5 Å². The number of benzene rings is 1. The molecule has 6 N–H and O–H groups in total. The summed E-state index contributed by atoms with van der Waals surface area (Å²) < 4.78 is 5.40. The van der Waals surface area contributed by atoms with Gasteiger partial charge in [-0.25, -0.2) is 4.99 Å². The molecule has 0 saturated carbocycles. The lowest BCUT2D eigenvalue weighted by Gasteiger charge is -2.17. The van der Waals surface area contributed by atoms with Gasteiger partial charge in [-0.1, -0.05) is 12.7 Å². The zero-order valence-corrected chi connectivity index (χ0v) is 19.9. The summed E-state index contributed by atoms with van der Waals surface area (Å²) in [4.78, 5) is 37.5. The minimum atomic E-state index is -0.363. The van der Waals surface area contributed by atoms with Crippen LogP contribution in [0.2, 0.25) is 0 Å². The monoisotopic (exact) mass is 476 g/mol. The number of carbonyl (C=O) groups excluding carboxylic acids is 2. The quantitative estimate of drug-likeness (QED) is 0.288. The highest BCUT2D eigenvalue weighted by molar-refractivity contribution is 6.22. The fraction of sp³-hybridized carbons (Fsp3) is 0.250. The summed E-state index contributed by atoms with van der Waals surface area (Å²) in [5, 5.41) is 16.5. The Labute approximate surface area is 203 Å². The first-order chi connectivity index (χ1) is 16.8. The van der Waals surface area contributed by atoms with Gasteiger partial charge in [0.1, 0.15) is 11.6 Å². The van der Waals surface area contributed by atoms with Gasteiger partial charge in [-0.05, 0) is 50.5 Å². The van der Waals surface area contributed by atoms with Crippen LogP contribution in [0.5, 0.6) is 5.75 Å². The molecule has 3 rings (SSSR count). The maximum absolute atomic E-state index is 12.3. The maximum Gasteiger partial charge on any atom is 0.252 e. The molecule has 1 aliphatic rings. The largest absolute Gasteiger partial charge is 0.495 e. The number of amides is 2. The van der Waals surface area contributed by atoms with E-state index in [1.807, 2.05) is 6.08 Å². The number of carbonyl (C=O) groups is 2. The number of methoxy groups -OCH3 is 1. The van der Waals surface area contributed by atoms with Gasteiger partial charge in [0.05, 0.1) is 29.6 Å². The Hall–Kier alpha value is -4.54. The molecule has 0 spiro atoms. The van der Waals surface area contributed by atoms with Crippen LogP contribution in [0.25, 0.3) is 0 Å². The number of nitrogens with one attached hydrogen (secondary N) is 4. The van der Waals surface area contributed by atoms with E-state index in [1.165, 1.54) is 7.11 Å². The van der Waals surface area contributed by atoms with Crippen molar-refractivity contribution in [3.63, 3.8) is 0 Å². The number of aliphatic imine (C=N–C) groups is 1. The molecule has 182 valence electrons. The summed E-state index contributed by atoms with van der Waals surface area (Å²) >= 11 is 0. The Bertz CT molecular complexity index is 1250. The van der Waals surface area contributed by atoms with Gasteiger partial charge in [-0.15, -0.1) is 0 Å². The van der Waals surface area contributed by atoms with Crippen molar-refractivity contribution in [1.82, 2.24) is 15.3 Å². The van der Waals surface area contributed by atoms with E-state index in [-0.39, 0.29) is 40.7 Å². The molecule has 1 aliphatic carbocycles. The number of ether oxygens (including phenoxy) is 1. The fourth-order valence-corrected chi connectivity index (χ4v) is 3.53. The summed E-state index contributed by atoms with van der Waals surface area (Å²) in [6, 6.07) is 4.99. The molecule has 0 bridgehead atoms. The number of nitrogen functional groups attached to an aromatic ring is 1. The van der Waals surface area contributed by atoms with Crippen molar-refractivity contribution < 1.29 is 14.3 Å². The standard InChI is InChI=1S/C24H28N8O3/c1-5-19(33)28-14-10-11-18(35-4)17(12-14)30-24-31-21(26)20(13(2)25)22(32-24)29-16-9-7-6-8-15(16)23(34)27-3/h5,8,10-12,25H,1,6-7,9H2,2-4H3,(H,27,34)(H,28,33)(H3,26,30,31,32). The Morgan fingerprint density at radius 2 is 2.09 bits per heavy atom. The molecule has 1 aromatic carbocycles. The number of aromatic nitrogens is 2. The second-order valence-electron chi connectivity index (χ2n) is 7.64. The minimum absolute atomic E-state index is 0.0608. The van der Waals surface area contributed by atoms with Gasteiger partial charge in [0.15, 0.2) is 5.82 Å². The average Bonchev–Trinajstić information content (AvgIpc) is 2.83. The normalized spacial score (nSPS) is 14.0. The van der Waals surface area contributed by atoms with Gasteiger partial charge in [0.2, 0.25) is 11.9 Å². The topological polar surface area (TPSA) is 167 Å². The van der Waals surface area contributed by atoms with Crippen LogP contribution in [-0.4, -0.2) is 47.4 Å². The van der Waals surface area contributed by atoms with E-state index in [4.69, 9.17) is 15.9 Å². The van der Waals surface area contributed by atoms with Crippen LogP contribution in [0.4, 0.5) is 29.0 Å². The zero-order valence-electron chi connectivity index (χ0n) is 19.9. The SMILES string of the molecule is C=CC(=O)Nc1ccc(OC)c(Nc2nc(N)c(C(C)=N)c(N=C3CCCC=C3C(=O)NC)n2)c1. The molecule has 11 heteroatoms. The molecular weight excluding hydrogens is 448 g/mol. The third kappa shape index (κ3) is 5.88. The summed E-state index contributed by atoms with van der Waals surface area (Å²) in [7, 11) is 3.07. The Morgan fingerprint density at radius 1 is 1.31 bits per heavy atom. The maximum atomic E-state index is 12.3. The van der Waals surface area contributed by atoms with Crippen molar-refractivity contribution in [3.05, 3.63) is 48.1 Å². The van der Waals surface area contributed by atoms with Crippen LogP contribution in [0, 0.1) is 5.41 Å². The van der Waals surface area contributed by atoms with Gasteiger partial charge < -0.3 is 31.8 Å². The van der Waals surface area contributed by atoms with Crippen molar-refractivity contribution in [3.8, 4) is 5.75 Å². The lowest BCUT2D eigenvalue weighted by Crippen LogP contribution is -2.26. The molecule has 2 aromatic rings. The van der Waals surface area contributed by atoms with E-state index >= 15 is 0 Å². The first-order valence-corrected chi connectivity index (χ1v) is 10.9. The van der Waals surface area contributed by atoms with Crippen molar-refractivity contribution in [2.75, 3.05) is 30.5 Å². The molecule has 0 atom stereocenters. The van der Waals surface area contributed by atoms with Crippen LogP contribution in [0.1, 0.15) is 31.7 Å². The smallest absolute Gasteiger partial charge is 0.252 e. The van der Waals surface area contributed by atoms with Gasteiger partial charge in [-0.2, -0.15) is 9.97 Å². The highest BCUT2D eigenvalue weighted by atomic mass is 16.5. The van der Waals surface area contributed by atoms with Crippen LogP contribution >= 0.6 is 0 Å². The zero-order chi connectivity index (χ0) is 25.5. The van der Waals surface area contributed by atoms with Crippen molar-refractivity contribution >= 4 is 52.2 Å². The van der Waals surface area contributed by atoms with Crippen LogP contribution in [-0.2, 0) is 9.59 Å². The summed E-state index contributed by atoms with van der Waals surface area (Å²) in [5.41, 5.74) is 8.62. The number of hydrogen-bond acceptors (Lipinski definition) is 9. The van der Waals surface area contributed by atoms with E-state index < -0.39 is 0 Å². The highest BCUT2D eigenvalue weighted by Crippen LogP contribution is 2.32. The lowest BCUT2D eigenvalue weighted by atomic mass is 9.96. The predicted octanol–water partition coefficient (Wildman–Crippen LogP) is 3.25. The first kappa shape index (κ1) is 25.1. The van der Waals surface area contributed by atoms with Gasteiger partial charge in [0.25, 0.3) is 5.91 Å². The molecule has 0 radical (unpaired) electrons. The average molecular weight is 477 g/mol. The van der Waals surface area contributed by atoms with E-state index in [2.05, 4.69) is 37.5 Å². The third-order valence-electron chi connectivity index (χ3n) is 5.18. The molecule has 2 amide bonds. The third-order valence-corrected chi connectivity index (χ3v) is 5.18. The van der Waals surface area contributed by atoms with Crippen LogP contribution in [0.3, 0.4) is 0 Å². The molecule has 0 saturated heterocycles. The molecule has 0 fully saturated rings. The Morgan fingerprint density at radius 3 is 2.74 bits per heavy atom. The van der Waals surface area contributed by atoms with E-state index in [1.54, 1.807) is 32.2 Å². The van der Waals surface area contributed by atoms with Crippen molar-refractivity contribution in [2.24, 2.45) is 4.99 Å². The molecule has 0 unspecified atom stereocenters. The lowest BCUT2D eigenvalue weighted by molar-refractivity contribution is -0.116. The predicted molar refractivity (Wildman–Crippen MR) is 137 cm³/mol. The molecule has 1 aromatic heterocycles. The molecular formula is C24H28N8O3. The number of nitrogens with zero attached hydrogens (tertiary/aromatic N) is 3. The van der Waals surface area contributed by atoms with Gasteiger partial charge in [0, 0.05) is 18.4 Å². The minimum Gasteiger partial charge on any atom is -0.495 e. The van der Waals surface area contributed by atoms with Gasteiger partial charge >= 0.3 is 0 Å². The molecule has 0 aliphatic heterocycles. The van der Waals surface area contributed by atoms with E-state index in [0.29, 0.717) is 34.8 Å². The van der Waals surface area contributed by atoms with Gasteiger partial charge in [-0.3, -0.25) is 9.59 Å². The number of nitrogens with two attached hydrogens (primary N) is 1. The van der Waals surface area contributed by atoms with E-state index in [9.17, 15) is 9.59 Å². The Kier molecular flexibility index (Phi) is 7.92. The van der Waals surface area contributed by atoms with Crippen LogP contribution < -0.4 is 26.4 Å². The summed E-state index contributed by atoms with van der Waals surface area (Å²) in [6.45, 7) is 5.01. The fourth-order valence-electron chi connectivity index (χ4n) is 3.53. The second kappa shape index (κ2) is 11.1. The molecule has 1 heterocycles. The van der Waals surface area contributed by atoms with E-state index in [0.717, 1.165) is 18.9 Å². The number of hydrogen-bond donors (Lipinski definition) is 5. The van der Waals surface area contributed by atoms with Crippen molar-refractivity contribution in [2.45, 2.75) is 26.2 Å². The first-order valence-electron chi connectivity index (χ1n) is 10.9. The number of rotatable bonds is 8. The number of likely N-dealkylation sites (N-methyl/N-ethyl adjacent to an activating group) is 1. The molecule has 35 heavy (non-hydrogen) atoms. The number of allylic oxidation sites excluding steroid dienone is 1.